The van der Waals surface area contributed by atoms with E-state index in [1.807, 2.05) is 0 Å². The summed E-state index contributed by atoms with van der Waals surface area (Å²) in [6.07, 6.45) is 2.16. The third kappa shape index (κ3) is 4.32. The first-order valence-electron chi connectivity index (χ1n) is 7.57. The van der Waals surface area contributed by atoms with Crippen molar-refractivity contribution in [2.45, 2.75) is 17.4 Å². The number of sulfonamides is 1. The molecule has 3 rings (SSSR count). The Morgan fingerprint density at radius 2 is 2.04 bits per heavy atom. The Morgan fingerprint density at radius 1 is 1.28 bits per heavy atom. The molecule has 1 amide bonds. The number of anilines is 1. The number of hydrogen-bond acceptors (Lipinski definition) is 6. The maximum atomic E-state index is 12.5. The normalized spacial score (nSPS) is 17.2. The van der Waals surface area contributed by atoms with Gasteiger partial charge in [0.2, 0.25) is 15.9 Å². The van der Waals surface area contributed by atoms with Gasteiger partial charge in [-0.1, -0.05) is 0 Å². The lowest BCUT2D eigenvalue weighted by molar-refractivity contribution is 0.101. The van der Waals surface area contributed by atoms with Gasteiger partial charge in [0.05, 0.1) is 18.1 Å². The molecule has 0 saturated carbocycles. The van der Waals surface area contributed by atoms with Gasteiger partial charge in [-0.15, -0.1) is 0 Å². The van der Waals surface area contributed by atoms with Crippen LogP contribution in [0.2, 0.25) is 0 Å². The molecule has 0 radical (unpaired) electrons. The molecule has 1 saturated heterocycles. The summed E-state index contributed by atoms with van der Waals surface area (Å²) in [4.78, 5) is 16.6. The summed E-state index contributed by atoms with van der Waals surface area (Å²) >= 11 is 0. The Labute approximate surface area is 145 Å². The molecular weight excluding hydrogens is 346 g/mol. The van der Waals surface area contributed by atoms with Crippen molar-refractivity contribution in [1.29, 1.82) is 0 Å². The minimum absolute atomic E-state index is 0.0304. The van der Waals surface area contributed by atoms with E-state index >= 15 is 0 Å². The third-order valence-electron chi connectivity index (χ3n) is 3.62. The Balaban J connectivity index is 1.75. The summed E-state index contributed by atoms with van der Waals surface area (Å²) in [6, 6.07) is 8.80. The molecule has 0 unspecified atom stereocenters. The van der Waals surface area contributed by atoms with Crippen LogP contribution in [-0.2, 0) is 14.8 Å². The predicted molar refractivity (Wildman–Crippen MR) is 89.9 cm³/mol. The van der Waals surface area contributed by atoms with Crippen molar-refractivity contribution < 1.29 is 22.7 Å². The number of benzene rings is 1. The van der Waals surface area contributed by atoms with Crippen LogP contribution in [0.25, 0.3) is 0 Å². The highest BCUT2D eigenvalue weighted by Crippen LogP contribution is 2.21. The smallest absolute Gasteiger partial charge is 0.261 e. The second kappa shape index (κ2) is 7.18. The van der Waals surface area contributed by atoms with Crippen molar-refractivity contribution in [2.75, 3.05) is 18.5 Å². The minimum atomic E-state index is -3.77. The fourth-order valence-electron chi connectivity index (χ4n) is 2.35. The van der Waals surface area contributed by atoms with Gasteiger partial charge in [0, 0.05) is 18.3 Å². The first-order valence-corrected chi connectivity index (χ1v) is 9.12. The molecule has 9 heteroatoms. The molecule has 0 bridgehead atoms. The standard InChI is InChI=1S/C16H17N3O5S/c17-25(21,22)13-5-3-11(4-6-13)19-15(20)14-2-1-8-18-16(14)24-12-7-9-23-10-12/h1-6,8,12H,7,9-10H2,(H,19,20)(H2,17,21,22)/t12-/m1/s1. The van der Waals surface area contributed by atoms with Crippen molar-refractivity contribution >= 4 is 21.6 Å². The molecule has 0 aliphatic carbocycles. The molecular formula is C16H17N3O5S. The van der Waals surface area contributed by atoms with E-state index in [0.29, 0.717) is 18.9 Å². The first-order chi connectivity index (χ1) is 11.9. The van der Waals surface area contributed by atoms with Crippen LogP contribution in [-0.4, -0.2) is 38.6 Å². The van der Waals surface area contributed by atoms with Gasteiger partial charge in [0.15, 0.2) is 0 Å². The average molecular weight is 363 g/mol. The summed E-state index contributed by atoms with van der Waals surface area (Å²) in [7, 11) is -3.77. The van der Waals surface area contributed by atoms with Crippen molar-refractivity contribution in [3.05, 3.63) is 48.2 Å². The van der Waals surface area contributed by atoms with E-state index in [9.17, 15) is 13.2 Å². The van der Waals surface area contributed by atoms with Crippen molar-refractivity contribution in [3.8, 4) is 5.88 Å². The highest BCUT2D eigenvalue weighted by molar-refractivity contribution is 7.89. The van der Waals surface area contributed by atoms with Crippen LogP contribution in [0.4, 0.5) is 5.69 Å². The summed E-state index contributed by atoms with van der Waals surface area (Å²) < 4.78 is 33.5. The molecule has 25 heavy (non-hydrogen) atoms. The van der Waals surface area contributed by atoms with E-state index in [4.69, 9.17) is 14.6 Å². The summed E-state index contributed by atoms with van der Waals surface area (Å²) in [6.45, 7) is 1.09. The molecule has 1 aromatic heterocycles. The third-order valence-corrected chi connectivity index (χ3v) is 4.55. The topological polar surface area (TPSA) is 121 Å². The lowest BCUT2D eigenvalue weighted by Gasteiger charge is -2.14. The monoisotopic (exact) mass is 363 g/mol. The number of carbonyl (C=O) groups is 1. The molecule has 8 nitrogen and oxygen atoms in total. The van der Waals surface area contributed by atoms with E-state index in [0.717, 1.165) is 6.42 Å². The molecule has 1 aromatic carbocycles. The van der Waals surface area contributed by atoms with E-state index in [-0.39, 0.29) is 22.4 Å². The summed E-state index contributed by atoms with van der Waals surface area (Å²) in [5.41, 5.74) is 0.710. The van der Waals surface area contributed by atoms with Gasteiger partial charge in [0.25, 0.3) is 5.91 Å². The molecule has 3 N–H and O–H groups in total. The number of aromatic nitrogens is 1. The Morgan fingerprint density at radius 3 is 2.68 bits per heavy atom. The summed E-state index contributed by atoms with van der Waals surface area (Å²) in [5.74, 6) is -0.179. The number of pyridine rings is 1. The maximum absolute atomic E-state index is 12.5. The number of nitrogens with zero attached hydrogens (tertiary/aromatic N) is 1. The van der Waals surface area contributed by atoms with Crippen LogP contribution in [0.1, 0.15) is 16.8 Å². The summed E-state index contributed by atoms with van der Waals surface area (Å²) in [5, 5.41) is 7.72. The van der Waals surface area contributed by atoms with Gasteiger partial charge in [-0.05, 0) is 36.4 Å². The second-order valence-corrected chi connectivity index (χ2v) is 7.04. The van der Waals surface area contributed by atoms with Crippen LogP contribution in [0, 0.1) is 0 Å². The molecule has 132 valence electrons. The lowest BCUT2D eigenvalue weighted by Crippen LogP contribution is -2.20. The number of nitrogens with two attached hydrogens (primary N) is 1. The van der Waals surface area contributed by atoms with E-state index < -0.39 is 15.9 Å². The highest BCUT2D eigenvalue weighted by Gasteiger charge is 2.21. The lowest BCUT2D eigenvalue weighted by atomic mass is 10.2. The quantitative estimate of drug-likeness (QED) is 0.822. The van der Waals surface area contributed by atoms with Gasteiger partial charge < -0.3 is 14.8 Å². The molecule has 0 spiro atoms. The van der Waals surface area contributed by atoms with Crippen molar-refractivity contribution in [1.82, 2.24) is 4.98 Å². The number of ether oxygens (including phenoxy) is 2. The van der Waals surface area contributed by atoms with Crippen molar-refractivity contribution in [2.24, 2.45) is 5.14 Å². The number of nitrogens with one attached hydrogen (secondary N) is 1. The van der Waals surface area contributed by atoms with Gasteiger partial charge >= 0.3 is 0 Å². The van der Waals surface area contributed by atoms with Gasteiger partial charge in [-0.3, -0.25) is 4.79 Å². The molecule has 1 atom stereocenters. The average Bonchev–Trinajstić information content (AvgIpc) is 3.08. The Hall–Kier alpha value is -2.49. The number of primary sulfonamides is 1. The largest absolute Gasteiger partial charge is 0.471 e. The SMILES string of the molecule is NS(=O)(=O)c1ccc(NC(=O)c2cccnc2O[C@@H]2CCOC2)cc1. The van der Waals surface area contributed by atoms with Gasteiger partial charge in [-0.25, -0.2) is 18.5 Å². The zero-order chi connectivity index (χ0) is 17.9. The molecule has 1 aliphatic rings. The zero-order valence-corrected chi connectivity index (χ0v) is 14.0. The Bertz CT molecular complexity index is 862. The molecule has 2 aromatic rings. The van der Waals surface area contributed by atoms with Crippen LogP contribution in [0.15, 0.2) is 47.5 Å². The van der Waals surface area contributed by atoms with Gasteiger partial charge in [-0.2, -0.15) is 0 Å². The molecule has 1 aliphatic heterocycles. The highest BCUT2D eigenvalue weighted by atomic mass is 32.2. The molecule has 1 fully saturated rings. The molecule has 2 heterocycles. The Kier molecular flexibility index (Phi) is 4.98. The van der Waals surface area contributed by atoms with Crippen LogP contribution >= 0.6 is 0 Å². The predicted octanol–water partition coefficient (Wildman–Crippen LogP) is 1.15. The van der Waals surface area contributed by atoms with E-state index in [1.54, 1.807) is 18.3 Å². The number of carbonyl (C=O) groups excluding carboxylic acids is 1. The minimum Gasteiger partial charge on any atom is -0.471 e. The van der Waals surface area contributed by atoms with Gasteiger partial charge in [0.1, 0.15) is 11.7 Å². The van der Waals surface area contributed by atoms with Crippen LogP contribution in [0.5, 0.6) is 5.88 Å². The fraction of sp³-hybridized carbons (Fsp3) is 0.250. The number of amides is 1. The van der Waals surface area contributed by atoms with E-state index in [1.165, 1.54) is 24.3 Å². The second-order valence-electron chi connectivity index (χ2n) is 5.48. The van der Waals surface area contributed by atoms with Crippen LogP contribution in [0.3, 0.4) is 0 Å². The maximum Gasteiger partial charge on any atom is 0.261 e. The van der Waals surface area contributed by atoms with Crippen LogP contribution < -0.4 is 15.2 Å². The number of hydrogen-bond donors (Lipinski definition) is 2. The first kappa shape index (κ1) is 17.3. The zero-order valence-electron chi connectivity index (χ0n) is 13.2. The fourth-order valence-corrected chi connectivity index (χ4v) is 2.86. The van der Waals surface area contributed by atoms with Crippen molar-refractivity contribution in [3.63, 3.8) is 0 Å². The van der Waals surface area contributed by atoms with E-state index in [2.05, 4.69) is 10.3 Å². The number of rotatable bonds is 5.